The molecule has 3 aromatic rings. The highest BCUT2D eigenvalue weighted by Gasteiger charge is 2.19. The van der Waals surface area contributed by atoms with E-state index in [0.29, 0.717) is 22.7 Å². The number of hydrogen-bond acceptors (Lipinski definition) is 7. The van der Waals surface area contributed by atoms with Gasteiger partial charge >= 0.3 is 0 Å². The number of aryl methyl sites for hydroxylation is 2. The van der Waals surface area contributed by atoms with E-state index in [1.54, 1.807) is 6.20 Å². The van der Waals surface area contributed by atoms with Crippen molar-refractivity contribution in [3.8, 4) is 5.75 Å². The molecule has 0 aliphatic carbocycles. The normalized spacial score (nSPS) is 12.0. The molecule has 1 aromatic carbocycles. The summed E-state index contributed by atoms with van der Waals surface area (Å²) in [6, 6.07) is 6.06. The van der Waals surface area contributed by atoms with Crippen LogP contribution < -0.4 is 10.1 Å². The third-order valence-corrected chi connectivity index (χ3v) is 5.75. The molecule has 0 radical (unpaired) electrons. The summed E-state index contributed by atoms with van der Waals surface area (Å²) in [6.45, 7) is 6.21. The predicted molar refractivity (Wildman–Crippen MR) is 107 cm³/mol. The maximum Gasteiger partial charge on any atom is 0.239 e. The molecule has 1 N–H and O–H groups in total. The lowest BCUT2D eigenvalue weighted by Gasteiger charge is -2.11. The van der Waals surface area contributed by atoms with Gasteiger partial charge in [0.15, 0.2) is 16.1 Å². The second-order valence-electron chi connectivity index (χ2n) is 6.10. The molecule has 27 heavy (non-hydrogen) atoms. The Morgan fingerprint density at radius 2 is 2.19 bits per heavy atom. The highest BCUT2D eigenvalue weighted by Crippen LogP contribution is 2.24. The number of aromatic nitrogens is 4. The molecule has 2 aromatic heterocycles. The van der Waals surface area contributed by atoms with Crippen molar-refractivity contribution in [2.75, 3.05) is 5.32 Å². The van der Waals surface area contributed by atoms with Gasteiger partial charge in [0.1, 0.15) is 12.4 Å². The number of rotatable bonds is 7. The molecule has 3 rings (SSSR count). The molecular formula is C18H21N5O2S2. The van der Waals surface area contributed by atoms with E-state index in [1.165, 1.54) is 28.7 Å². The quantitative estimate of drug-likeness (QED) is 0.607. The lowest BCUT2D eigenvalue weighted by Crippen LogP contribution is -2.22. The fourth-order valence-electron chi connectivity index (χ4n) is 2.38. The standard InChI is InChI=1S/C18H21N5O2S2/c1-11-5-6-14(12(2)9-11)25-10-15-21-22-18(23(15)4)27-13(3)16(24)20-17-19-7-8-26-17/h5-9,13H,10H2,1-4H3,(H,19,20,24)/t13-/m0/s1. The van der Waals surface area contributed by atoms with E-state index >= 15 is 0 Å². The van der Waals surface area contributed by atoms with Crippen molar-refractivity contribution < 1.29 is 9.53 Å². The van der Waals surface area contributed by atoms with Crippen LogP contribution in [0, 0.1) is 13.8 Å². The summed E-state index contributed by atoms with van der Waals surface area (Å²) in [5, 5.41) is 13.9. The molecule has 0 spiro atoms. The first-order chi connectivity index (χ1) is 12.9. The fraction of sp³-hybridized carbons (Fsp3) is 0.333. The van der Waals surface area contributed by atoms with Gasteiger partial charge in [0.25, 0.3) is 0 Å². The summed E-state index contributed by atoms with van der Waals surface area (Å²) in [6.07, 6.45) is 1.66. The van der Waals surface area contributed by atoms with Crippen LogP contribution in [0.15, 0.2) is 34.9 Å². The minimum atomic E-state index is -0.329. The van der Waals surface area contributed by atoms with E-state index in [9.17, 15) is 4.79 Å². The van der Waals surface area contributed by atoms with Crippen LogP contribution in [-0.2, 0) is 18.4 Å². The summed E-state index contributed by atoms with van der Waals surface area (Å²) in [7, 11) is 1.87. The van der Waals surface area contributed by atoms with Crippen molar-refractivity contribution in [2.45, 2.75) is 37.8 Å². The number of anilines is 1. The third kappa shape index (κ3) is 4.86. The van der Waals surface area contributed by atoms with Gasteiger partial charge < -0.3 is 14.6 Å². The molecule has 0 aliphatic rings. The molecule has 7 nitrogen and oxygen atoms in total. The van der Waals surface area contributed by atoms with Gasteiger partial charge in [-0.2, -0.15) is 0 Å². The van der Waals surface area contributed by atoms with E-state index < -0.39 is 0 Å². The Hall–Kier alpha value is -2.39. The second-order valence-corrected chi connectivity index (χ2v) is 8.30. The van der Waals surface area contributed by atoms with E-state index in [0.717, 1.165) is 11.3 Å². The Balaban J connectivity index is 1.60. The van der Waals surface area contributed by atoms with Crippen molar-refractivity contribution in [1.82, 2.24) is 19.7 Å². The lowest BCUT2D eigenvalue weighted by molar-refractivity contribution is -0.115. The van der Waals surface area contributed by atoms with E-state index in [2.05, 4.69) is 33.5 Å². The van der Waals surface area contributed by atoms with Gasteiger partial charge in [0, 0.05) is 18.6 Å². The zero-order chi connectivity index (χ0) is 19.4. The van der Waals surface area contributed by atoms with Gasteiger partial charge in [0.2, 0.25) is 5.91 Å². The number of nitrogens with one attached hydrogen (secondary N) is 1. The van der Waals surface area contributed by atoms with Crippen molar-refractivity contribution in [1.29, 1.82) is 0 Å². The fourth-order valence-corrected chi connectivity index (χ4v) is 3.75. The Morgan fingerprint density at radius 1 is 1.37 bits per heavy atom. The van der Waals surface area contributed by atoms with Crippen molar-refractivity contribution in [3.63, 3.8) is 0 Å². The topological polar surface area (TPSA) is 81.9 Å². The number of amides is 1. The van der Waals surface area contributed by atoms with Gasteiger partial charge in [-0.25, -0.2) is 4.98 Å². The van der Waals surface area contributed by atoms with Crippen LogP contribution in [0.25, 0.3) is 0 Å². The SMILES string of the molecule is Cc1ccc(OCc2nnc(S[C@@H](C)C(=O)Nc3nccs3)n2C)c(C)c1. The van der Waals surface area contributed by atoms with Crippen LogP contribution in [0.1, 0.15) is 23.9 Å². The molecule has 0 bridgehead atoms. The molecule has 142 valence electrons. The number of nitrogens with zero attached hydrogens (tertiary/aromatic N) is 4. The molecule has 0 saturated carbocycles. The minimum absolute atomic E-state index is 0.119. The summed E-state index contributed by atoms with van der Waals surface area (Å²) < 4.78 is 7.72. The van der Waals surface area contributed by atoms with E-state index in [1.807, 2.05) is 43.0 Å². The maximum atomic E-state index is 12.3. The van der Waals surface area contributed by atoms with Gasteiger partial charge in [-0.1, -0.05) is 29.5 Å². The van der Waals surface area contributed by atoms with Gasteiger partial charge in [-0.15, -0.1) is 21.5 Å². The monoisotopic (exact) mass is 403 g/mol. The predicted octanol–water partition coefficient (Wildman–Crippen LogP) is 3.59. The average molecular weight is 404 g/mol. The highest BCUT2D eigenvalue weighted by atomic mass is 32.2. The number of thioether (sulfide) groups is 1. The van der Waals surface area contributed by atoms with Gasteiger partial charge in [-0.3, -0.25) is 4.79 Å². The van der Waals surface area contributed by atoms with E-state index in [4.69, 9.17) is 4.74 Å². The Labute approximate surface area is 166 Å². The Kier molecular flexibility index (Phi) is 6.12. The van der Waals surface area contributed by atoms with Gasteiger partial charge in [-0.05, 0) is 32.4 Å². The molecular weight excluding hydrogens is 382 g/mol. The zero-order valence-corrected chi connectivity index (χ0v) is 17.2. The van der Waals surface area contributed by atoms with Crippen LogP contribution in [-0.4, -0.2) is 30.9 Å². The Bertz CT molecular complexity index is 924. The second kappa shape index (κ2) is 8.53. The molecule has 0 aliphatic heterocycles. The zero-order valence-electron chi connectivity index (χ0n) is 15.6. The van der Waals surface area contributed by atoms with Crippen LogP contribution >= 0.6 is 23.1 Å². The lowest BCUT2D eigenvalue weighted by atomic mass is 10.1. The smallest absolute Gasteiger partial charge is 0.239 e. The number of carbonyl (C=O) groups is 1. The van der Waals surface area contributed by atoms with Crippen molar-refractivity contribution >= 4 is 34.1 Å². The third-order valence-electron chi connectivity index (χ3n) is 3.93. The molecule has 1 atom stereocenters. The minimum Gasteiger partial charge on any atom is -0.485 e. The number of carbonyl (C=O) groups excluding carboxylic acids is 1. The average Bonchev–Trinajstić information content (AvgIpc) is 3.25. The highest BCUT2D eigenvalue weighted by molar-refractivity contribution is 8.00. The van der Waals surface area contributed by atoms with Crippen molar-refractivity contribution in [3.05, 3.63) is 46.7 Å². The first kappa shape index (κ1) is 19.4. The largest absolute Gasteiger partial charge is 0.485 e. The molecule has 0 unspecified atom stereocenters. The summed E-state index contributed by atoms with van der Waals surface area (Å²) >= 11 is 2.73. The number of ether oxygens (including phenoxy) is 1. The summed E-state index contributed by atoms with van der Waals surface area (Å²) in [5.41, 5.74) is 2.28. The molecule has 2 heterocycles. The van der Waals surface area contributed by atoms with Crippen LogP contribution in [0.3, 0.4) is 0 Å². The van der Waals surface area contributed by atoms with E-state index in [-0.39, 0.29) is 11.2 Å². The van der Waals surface area contributed by atoms with Crippen molar-refractivity contribution in [2.24, 2.45) is 7.05 Å². The summed E-state index contributed by atoms with van der Waals surface area (Å²) in [4.78, 5) is 16.3. The number of hydrogen-bond donors (Lipinski definition) is 1. The molecule has 0 saturated heterocycles. The maximum absolute atomic E-state index is 12.3. The molecule has 1 amide bonds. The van der Waals surface area contributed by atoms with Crippen LogP contribution in [0.5, 0.6) is 5.75 Å². The van der Waals surface area contributed by atoms with Crippen LogP contribution in [0.4, 0.5) is 5.13 Å². The van der Waals surface area contributed by atoms with Gasteiger partial charge in [0.05, 0.1) is 5.25 Å². The Morgan fingerprint density at radius 3 is 2.89 bits per heavy atom. The van der Waals surface area contributed by atoms with Crippen LogP contribution in [0.2, 0.25) is 0 Å². The first-order valence-electron chi connectivity index (χ1n) is 8.39. The first-order valence-corrected chi connectivity index (χ1v) is 10.2. The molecule has 9 heteroatoms. The number of thiazole rings is 1. The molecule has 0 fully saturated rings. The summed E-state index contributed by atoms with van der Waals surface area (Å²) in [5.74, 6) is 1.41. The number of benzene rings is 1.